The van der Waals surface area contributed by atoms with Crippen LogP contribution in [-0.2, 0) is 17.9 Å². The second-order valence-corrected chi connectivity index (χ2v) is 9.68. The molecule has 1 aliphatic rings. The molecule has 1 saturated heterocycles. The number of rotatable bonds is 0. The van der Waals surface area contributed by atoms with E-state index >= 15 is 0 Å². The molecule has 0 aliphatic carbocycles. The van der Waals surface area contributed by atoms with Crippen molar-refractivity contribution in [2.24, 2.45) is 0 Å². The van der Waals surface area contributed by atoms with Crippen LogP contribution in [0.4, 0.5) is 0 Å². The summed E-state index contributed by atoms with van der Waals surface area (Å²) < 4.78 is 21.6. The molecule has 0 spiro atoms. The van der Waals surface area contributed by atoms with Gasteiger partial charge in [0.2, 0.25) is 0 Å². The number of sulfone groups is 1. The third-order valence-electron chi connectivity index (χ3n) is 1.23. The first-order valence-electron chi connectivity index (χ1n) is 2.64. The lowest BCUT2D eigenvalue weighted by atomic mass is 10.9. The average molecular weight is 279 g/mol. The number of hydrogen-bond acceptors (Lipinski definition) is 2. The Bertz CT molecular complexity index is 173. The van der Waals surface area contributed by atoms with Crippen LogP contribution >= 0.6 is 21.2 Å². The predicted octanol–water partition coefficient (Wildman–Crippen LogP) is 0.383. The molecule has 0 unspecified atom stereocenters. The highest BCUT2D eigenvalue weighted by atomic mass is 127. The minimum absolute atomic E-state index is 0.354. The van der Waals surface area contributed by atoms with Crippen LogP contribution in [-0.4, -0.2) is 31.4 Å². The molecule has 0 aromatic heterocycles. The normalized spacial score (nSPS) is 28.1. The fraction of sp³-hybridized carbons (Fsp3) is 1.00. The van der Waals surface area contributed by atoms with Gasteiger partial charge in [-0.2, -0.15) is 0 Å². The molecule has 1 fully saturated rings. The van der Waals surface area contributed by atoms with E-state index in [1.165, 1.54) is 0 Å². The van der Waals surface area contributed by atoms with Crippen LogP contribution in [0.3, 0.4) is 0 Å². The summed E-state index contributed by atoms with van der Waals surface area (Å²) in [6, 6.07) is 0. The maximum absolute atomic E-state index is 10.8. The van der Waals surface area contributed by atoms with Gasteiger partial charge in [0.1, 0.15) is 11.5 Å². The molecular weight excluding hydrogens is 271 g/mol. The van der Waals surface area contributed by atoms with Crippen LogP contribution in [0.25, 0.3) is 0 Å². The van der Waals surface area contributed by atoms with Gasteiger partial charge in [0.15, 0.2) is 9.84 Å². The van der Waals surface area contributed by atoms with Crippen molar-refractivity contribution in [2.45, 2.75) is 0 Å². The molecule has 1 aliphatic heterocycles. The van der Waals surface area contributed by atoms with Gasteiger partial charge in [-0.15, -0.1) is 0 Å². The molecule has 0 N–H and O–H groups in total. The molecule has 0 aromatic rings. The van der Waals surface area contributed by atoms with E-state index in [9.17, 15) is 8.42 Å². The van der Waals surface area contributed by atoms with E-state index in [-0.39, 0.29) is 0 Å². The Hall–Kier alpha value is 1.03. The zero-order chi connectivity index (χ0) is 6.91. The molecule has 0 saturated carbocycles. The van der Waals surface area contributed by atoms with Crippen LogP contribution in [0.5, 0.6) is 0 Å². The van der Waals surface area contributed by atoms with Gasteiger partial charge in [-0.25, -0.2) is 8.42 Å². The van der Waals surface area contributed by atoms with Crippen LogP contribution in [0.2, 0.25) is 0 Å². The molecule has 2 nitrogen and oxygen atoms in total. The van der Waals surface area contributed by atoms with E-state index in [2.05, 4.69) is 21.2 Å². The lowest BCUT2D eigenvalue weighted by Crippen LogP contribution is -2.28. The van der Waals surface area contributed by atoms with Crippen molar-refractivity contribution in [1.82, 2.24) is 0 Å². The van der Waals surface area contributed by atoms with Gasteiger partial charge in [0.05, 0.1) is 19.6 Å². The Morgan fingerprint density at radius 3 is 2.00 bits per heavy atom. The van der Waals surface area contributed by atoms with Gasteiger partial charge >= 0.3 is 0 Å². The Morgan fingerprint density at radius 1 is 1.22 bits per heavy atom. The lowest BCUT2D eigenvalue weighted by Gasteiger charge is -2.07. The van der Waals surface area contributed by atoms with Gasteiger partial charge in [-0.1, -0.05) is 0 Å². The first-order valence-corrected chi connectivity index (χ1v) is 8.57. The van der Waals surface area contributed by atoms with Gasteiger partial charge in [0, 0.05) is 0 Å². The lowest BCUT2D eigenvalue weighted by molar-refractivity contribution is 0.598. The fourth-order valence-electron chi connectivity index (χ4n) is 0.639. The topological polar surface area (TPSA) is 34.1 Å². The van der Waals surface area contributed by atoms with Gasteiger partial charge in [-0.3, -0.25) is 0 Å². The standard InChI is InChI=1S/C4H8IO2S2/c5-8-1-3-9(6,7)4-2-8/h1-4H2/q+1. The zero-order valence-corrected chi connectivity index (χ0v) is 8.63. The van der Waals surface area contributed by atoms with Crippen molar-refractivity contribution < 1.29 is 8.42 Å². The van der Waals surface area contributed by atoms with Crippen molar-refractivity contribution in [1.29, 1.82) is 0 Å². The molecule has 5 heteroatoms. The third kappa shape index (κ3) is 2.63. The van der Waals surface area contributed by atoms with E-state index in [1.807, 2.05) is 0 Å². The van der Waals surface area contributed by atoms with E-state index < -0.39 is 9.84 Å². The zero-order valence-electron chi connectivity index (χ0n) is 4.84. The van der Waals surface area contributed by atoms with Crippen LogP contribution in [0.1, 0.15) is 0 Å². The summed E-state index contributed by atoms with van der Waals surface area (Å²) in [7, 11) is -2.26. The maximum Gasteiger partial charge on any atom is 0.250 e. The SMILES string of the molecule is O=S1(=O)CC[S+](I)CC1. The van der Waals surface area contributed by atoms with E-state index in [0.29, 0.717) is 19.6 Å². The van der Waals surface area contributed by atoms with Gasteiger partial charge in [0.25, 0.3) is 21.2 Å². The summed E-state index contributed by atoms with van der Waals surface area (Å²) in [6.07, 6.45) is 0. The molecule has 0 atom stereocenters. The van der Waals surface area contributed by atoms with Gasteiger partial charge in [-0.05, 0) is 0 Å². The van der Waals surface area contributed by atoms with E-state index in [0.717, 1.165) is 11.5 Å². The smallest absolute Gasteiger partial charge is 0.228 e. The Kier molecular flexibility index (Phi) is 2.67. The Balaban J connectivity index is 2.55. The second-order valence-electron chi connectivity index (χ2n) is 1.98. The number of halogens is 1. The Labute approximate surface area is 70.3 Å². The molecule has 0 radical (unpaired) electrons. The highest BCUT2D eigenvalue weighted by Crippen LogP contribution is 2.14. The molecule has 0 amide bonds. The monoisotopic (exact) mass is 279 g/mol. The summed E-state index contributed by atoms with van der Waals surface area (Å²) in [5, 5.41) is 0. The van der Waals surface area contributed by atoms with Crippen molar-refractivity contribution in [3.8, 4) is 0 Å². The summed E-state index contributed by atoms with van der Waals surface area (Å²) >= 11 is 2.34. The Morgan fingerprint density at radius 2 is 1.67 bits per heavy atom. The van der Waals surface area contributed by atoms with Crippen molar-refractivity contribution in [3.63, 3.8) is 0 Å². The minimum Gasteiger partial charge on any atom is -0.228 e. The molecule has 0 aromatic carbocycles. The summed E-state index contributed by atoms with van der Waals surface area (Å²) in [6.45, 7) is 0. The molecule has 0 bridgehead atoms. The van der Waals surface area contributed by atoms with Crippen molar-refractivity contribution >= 4 is 39.1 Å². The third-order valence-corrected chi connectivity index (χ3v) is 7.34. The van der Waals surface area contributed by atoms with Crippen LogP contribution in [0, 0.1) is 0 Å². The summed E-state index contributed by atoms with van der Waals surface area (Å²) in [5.74, 6) is 2.59. The van der Waals surface area contributed by atoms with E-state index in [1.54, 1.807) is 0 Å². The van der Waals surface area contributed by atoms with Crippen LogP contribution < -0.4 is 0 Å². The highest BCUT2D eigenvalue weighted by molar-refractivity contribution is 14.2. The molecular formula is C4H8IO2S2+. The van der Waals surface area contributed by atoms with Crippen molar-refractivity contribution in [3.05, 3.63) is 0 Å². The van der Waals surface area contributed by atoms with Crippen molar-refractivity contribution in [2.75, 3.05) is 23.0 Å². The molecule has 1 heterocycles. The first kappa shape index (κ1) is 8.13. The highest BCUT2D eigenvalue weighted by Gasteiger charge is 2.28. The molecule has 9 heavy (non-hydrogen) atoms. The van der Waals surface area contributed by atoms with Crippen LogP contribution in [0.15, 0.2) is 0 Å². The number of hydrogen-bond donors (Lipinski definition) is 0. The minimum atomic E-state index is -2.61. The average Bonchev–Trinajstić information content (AvgIpc) is 1.78. The largest absolute Gasteiger partial charge is 0.250 e. The second kappa shape index (κ2) is 2.96. The quantitative estimate of drug-likeness (QED) is 0.474. The summed E-state index contributed by atoms with van der Waals surface area (Å²) in [4.78, 5) is 0. The first-order chi connectivity index (χ1) is 4.10. The molecule has 1 rings (SSSR count). The van der Waals surface area contributed by atoms with E-state index in [4.69, 9.17) is 0 Å². The summed E-state index contributed by atoms with van der Waals surface area (Å²) in [5.41, 5.74) is 0. The molecule has 54 valence electrons. The fourth-order valence-corrected chi connectivity index (χ4v) is 7.76. The predicted molar refractivity (Wildman–Crippen MR) is 49.8 cm³/mol. The van der Waals surface area contributed by atoms with Gasteiger partial charge < -0.3 is 0 Å². The maximum atomic E-state index is 10.8.